The van der Waals surface area contributed by atoms with Gasteiger partial charge in [0, 0.05) is 13.1 Å². The Kier molecular flexibility index (Phi) is 8.96. The molecule has 0 bridgehead atoms. The molecular weight excluding hydrogens is 601 g/mol. The lowest BCUT2D eigenvalue weighted by atomic mass is 9.84. The minimum atomic E-state index is -3.03. The van der Waals surface area contributed by atoms with Gasteiger partial charge in [-0.2, -0.15) is 4.39 Å². The summed E-state index contributed by atoms with van der Waals surface area (Å²) in [6, 6.07) is 3.79. The summed E-state index contributed by atoms with van der Waals surface area (Å²) >= 11 is 0. The third-order valence-corrected chi connectivity index (χ3v) is 7.36. The Hall–Kier alpha value is -5.10. The molecule has 2 atom stereocenters. The largest absolute Gasteiger partial charge is 0.492 e. The van der Waals surface area contributed by atoms with Crippen LogP contribution in [0, 0.1) is 5.95 Å². The van der Waals surface area contributed by atoms with Crippen molar-refractivity contribution < 1.29 is 37.7 Å². The summed E-state index contributed by atoms with van der Waals surface area (Å²) in [4.78, 5) is 45.7. The minimum Gasteiger partial charge on any atom is -0.492 e. The smallest absolute Gasteiger partial charge is 0.323 e. The zero-order valence-corrected chi connectivity index (χ0v) is 23.8. The highest BCUT2D eigenvalue weighted by Gasteiger charge is 2.43. The topological polar surface area (TPSA) is 207 Å². The maximum Gasteiger partial charge on any atom is 0.323 e. The Bertz CT molecular complexity index is 1720. The van der Waals surface area contributed by atoms with E-state index in [2.05, 4.69) is 35.6 Å². The second-order valence-corrected chi connectivity index (χ2v) is 10.4. The highest BCUT2D eigenvalue weighted by atomic mass is 19.3. The number of piperidine rings is 1. The van der Waals surface area contributed by atoms with Crippen LogP contribution in [0.1, 0.15) is 18.4 Å². The average molecular weight is 631 g/mol. The fourth-order valence-corrected chi connectivity index (χ4v) is 5.15. The SMILES string of the molecule is COc1ccc(-c2cc(Cn3cnc4c(NC(=O)NCC(=O)O)ncnc43)c(N3CCC[C@](N)([C@@H](O)C(F)F)C3)cn2)nc1F. The molecule has 4 aromatic rings. The second kappa shape index (κ2) is 12.9. The first-order chi connectivity index (χ1) is 21.5. The van der Waals surface area contributed by atoms with Crippen molar-refractivity contribution in [2.45, 2.75) is 37.5 Å². The van der Waals surface area contributed by atoms with Gasteiger partial charge in [-0.3, -0.25) is 15.1 Å². The normalized spacial score (nSPS) is 17.4. The van der Waals surface area contributed by atoms with E-state index in [1.165, 1.54) is 38.1 Å². The molecular formula is C27H29F3N10O5. The second-order valence-electron chi connectivity index (χ2n) is 10.4. The Balaban J connectivity index is 1.52. The number of halogens is 3. The van der Waals surface area contributed by atoms with Crippen LogP contribution in [0.25, 0.3) is 22.6 Å². The number of rotatable bonds is 10. The van der Waals surface area contributed by atoms with E-state index in [1.54, 1.807) is 15.5 Å². The van der Waals surface area contributed by atoms with Crippen LogP contribution in [0.2, 0.25) is 0 Å². The molecule has 2 amide bonds. The number of aliphatic carboxylic acids is 1. The van der Waals surface area contributed by atoms with Gasteiger partial charge in [0.1, 0.15) is 19.0 Å². The standard InChI is InChI=1S/C27H29F3N10O5/c1-45-18-4-3-15(37-23(18)30)16-7-14(17(8-32-16)39-6-2-5-27(31,11-39)21(43)22(28)29)10-40-13-36-20-24(34-12-35-25(20)40)38-26(44)33-9-19(41)42/h3-4,7-8,12-13,21-22,43H,2,5-6,9-11,31H2,1H3,(H,41,42)(H2,33,34,35,38,44)/t21-,27+/m0/s1. The Morgan fingerprint density at radius 1 is 1.20 bits per heavy atom. The molecule has 1 fully saturated rings. The van der Waals surface area contributed by atoms with Gasteiger partial charge in [0.15, 0.2) is 22.7 Å². The Morgan fingerprint density at radius 3 is 2.71 bits per heavy atom. The van der Waals surface area contributed by atoms with E-state index in [4.69, 9.17) is 15.6 Å². The zero-order chi connectivity index (χ0) is 32.3. The number of carboxylic acids is 1. The predicted molar refractivity (Wildman–Crippen MR) is 153 cm³/mol. The van der Waals surface area contributed by atoms with Crippen molar-refractivity contribution in [2.24, 2.45) is 5.73 Å². The van der Waals surface area contributed by atoms with Crippen molar-refractivity contribution >= 4 is 34.7 Å². The number of fused-ring (bicyclic) bond motifs is 1. The lowest BCUT2D eigenvalue weighted by molar-refractivity contribution is -0.135. The summed E-state index contributed by atoms with van der Waals surface area (Å²) in [6.07, 6.45) is -0.333. The first-order valence-corrected chi connectivity index (χ1v) is 13.6. The molecule has 0 radical (unpaired) electrons. The van der Waals surface area contributed by atoms with Crippen molar-refractivity contribution in [2.75, 3.05) is 37.0 Å². The number of urea groups is 1. The molecule has 238 valence electrons. The molecule has 6 N–H and O–H groups in total. The summed E-state index contributed by atoms with van der Waals surface area (Å²) in [6.45, 7) is -0.171. The number of hydrogen-bond donors (Lipinski definition) is 5. The fraction of sp³-hybridized carbons (Fsp3) is 0.370. The number of aliphatic hydroxyl groups excluding tert-OH is 1. The van der Waals surface area contributed by atoms with Gasteiger partial charge >= 0.3 is 12.0 Å². The van der Waals surface area contributed by atoms with Crippen LogP contribution in [0.3, 0.4) is 0 Å². The van der Waals surface area contributed by atoms with E-state index in [9.17, 15) is 27.9 Å². The van der Waals surface area contributed by atoms with Crippen LogP contribution < -0.4 is 26.0 Å². The van der Waals surface area contributed by atoms with E-state index in [1.807, 2.05) is 0 Å². The number of methoxy groups -OCH3 is 1. The van der Waals surface area contributed by atoms with Crippen LogP contribution in [-0.2, 0) is 11.3 Å². The minimum absolute atomic E-state index is 0.0279. The van der Waals surface area contributed by atoms with Crippen molar-refractivity contribution in [1.82, 2.24) is 34.8 Å². The summed E-state index contributed by atoms with van der Waals surface area (Å²) in [7, 11) is 1.31. The number of amides is 2. The molecule has 0 saturated carbocycles. The van der Waals surface area contributed by atoms with Gasteiger partial charge in [-0.15, -0.1) is 0 Å². The number of hydrogen-bond acceptors (Lipinski definition) is 11. The van der Waals surface area contributed by atoms with E-state index in [0.717, 1.165) is 0 Å². The number of anilines is 2. The van der Waals surface area contributed by atoms with Crippen LogP contribution in [0.15, 0.2) is 37.1 Å². The number of imidazole rings is 1. The first-order valence-electron chi connectivity index (χ1n) is 13.6. The number of aromatic nitrogens is 6. The lowest BCUT2D eigenvalue weighted by Crippen LogP contribution is -2.63. The molecule has 45 heavy (non-hydrogen) atoms. The van der Waals surface area contributed by atoms with Crippen molar-refractivity contribution in [1.29, 1.82) is 0 Å². The molecule has 4 aromatic heterocycles. The molecule has 18 heteroatoms. The van der Waals surface area contributed by atoms with Crippen molar-refractivity contribution in [3.8, 4) is 17.1 Å². The van der Waals surface area contributed by atoms with Crippen molar-refractivity contribution in [3.05, 3.63) is 48.6 Å². The maximum atomic E-state index is 14.5. The van der Waals surface area contributed by atoms with Gasteiger partial charge < -0.3 is 35.5 Å². The van der Waals surface area contributed by atoms with Gasteiger partial charge in [0.25, 0.3) is 12.4 Å². The lowest BCUT2D eigenvalue weighted by Gasteiger charge is -2.44. The number of carboxylic acid groups (broad SMARTS) is 1. The van der Waals surface area contributed by atoms with E-state index in [-0.39, 0.29) is 42.3 Å². The Morgan fingerprint density at radius 2 is 2.00 bits per heavy atom. The number of pyridine rings is 2. The van der Waals surface area contributed by atoms with Gasteiger partial charge in [-0.1, -0.05) is 0 Å². The predicted octanol–water partition coefficient (Wildman–Crippen LogP) is 1.61. The molecule has 0 unspecified atom stereocenters. The molecule has 5 heterocycles. The molecule has 1 aliphatic rings. The van der Waals surface area contributed by atoms with Crippen molar-refractivity contribution in [3.63, 3.8) is 0 Å². The average Bonchev–Trinajstić information content (AvgIpc) is 3.43. The molecule has 0 spiro atoms. The number of alkyl halides is 2. The van der Waals surface area contributed by atoms with Crippen LogP contribution in [0.4, 0.5) is 29.5 Å². The quantitative estimate of drug-likeness (QED) is 0.159. The zero-order valence-electron chi connectivity index (χ0n) is 23.8. The van der Waals surface area contributed by atoms with Gasteiger partial charge in [0.05, 0.1) is 48.8 Å². The van der Waals surface area contributed by atoms with Gasteiger partial charge in [-0.25, -0.2) is 33.5 Å². The number of carbonyl (C=O) groups is 2. The van der Waals surface area contributed by atoms with Gasteiger partial charge in [-0.05, 0) is 36.6 Å². The summed E-state index contributed by atoms with van der Waals surface area (Å²) in [5.41, 5.74) is 6.83. The number of ether oxygens (including phenoxy) is 1. The third-order valence-electron chi connectivity index (χ3n) is 7.36. The summed E-state index contributed by atoms with van der Waals surface area (Å²) < 4.78 is 48.1. The molecule has 1 aliphatic heterocycles. The summed E-state index contributed by atoms with van der Waals surface area (Å²) in [5.74, 6) is -2.09. The molecule has 0 aromatic carbocycles. The maximum absolute atomic E-state index is 14.5. The number of carbonyl (C=O) groups excluding carboxylic acids is 1. The van der Waals surface area contributed by atoms with E-state index >= 15 is 0 Å². The van der Waals surface area contributed by atoms with E-state index < -0.39 is 42.6 Å². The highest BCUT2D eigenvalue weighted by Crippen LogP contribution is 2.33. The fourth-order valence-electron chi connectivity index (χ4n) is 5.15. The third kappa shape index (κ3) is 6.70. The number of nitrogens with one attached hydrogen (secondary N) is 2. The number of nitrogens with zero attached hydrogens (tertiary/aromatic N) is 7. The monoisotopic (exact) mass is 630 g/mol. The first kappa shape index (κ1) is 31.3. The van der Waals surface area contributed by atoms with Crippen LogP contribution in [0.5, 0.6) is 5.75 Å². The molecule has 15 nitrogen and oxygen atoms in total. The number of aliphatic hydroxyl groups is 1. The van der Waals surface area contributed by atoms with Gasteiger partial charge in [0.2, 0.25) is 0 Å². The molecule has 1 saturated heterocycles. The number of nitrogens with two attached hydrogens (primary N) is 1. The van der Waals surface area contributed by atoms with Crippen LogP contribution in [-0.4, -0.2) is 96.5 Å². The van der Waals surface area contributed by atoms with Crippen LogP contribution >= 0.6 is 0 Å². The summed E-state index contributed by atoms with van der Waals surface area (Å²) in [5, 5.41) is 23.6. The Labute approximate surface area is 253 Å². The highest BCUT2D eigenvalue weighted by molar-refractivity contribution is 5.96. The molecule has 0 aliphatic carbocycles. The molecule has 5 rings (SSSR count). The van der Waals surface area contributed by atoms with E-state index in [0.29, 0.717) is 35.6 Å².